The Hall–Kier alpha value is -3.56. The fourth-order valence-electron chi connectivity index (χ4n) is 5.39. The molecule has 9 nitrogen and oxygen atoms in total. The van der Waals surface area contributed by atoms with E-state index in [1.807, 2.05) is 26.0 Å². The summed E-state index contributed by atoms with van der Waals surface area (Å²) >= 11 is 0. The fourth-order valence-corrected chi connectivity index (χ4v) is 5.39. The van der Waals surface area contributed by atoms with Gasteiger partial charge in [-0.15, -0.1) is 0 Å². The number of ether oxygens (including phenoxy) is 4. The van der Waals surface area contributed by atoms with Gasteiger partial charge in [0.25, 0.3) is 11.7 Å². The molecule has 0 bridgehead atoms. The zero-order valence-corrected chi connectivity index (χ0v) is 25.5. The van der Waals surface area contributed by atoms with Gasteiger partial charge >= 0.3 is 0 Å². The number of aliphatic hydroxyl groups excluding tert-OH is 1. The Morgan fingerprint density at radius 3 is 2.43 bits per heavy atom. The molecule has 2 aromatic carbocycles. The number of methoxy groups -OCH3 is 1. The number of benzene rings is 2. The highest BCUT2D eigenvalue weighted by Crippen LogP contribution is 2.42. The first-order valence-electron chi connectivity index (χ1n) is 14.9. The molecule has 9 heteroatoms. The van der Waals surface area contributed by atoms with E-state index in [2.05, 4.69) is 18.7 Å². The smallest absolute Gasteiger partial charge is 0.295 e. The molecular formula is C33H44N2O7. The van der Waals surface area contributed by atoms with Gasteiger partial charge in [0, 0.05) is 31.7 Å². The lowest BCUT2D eigenvalue weighted by Gasteiger charge is -2.29. The lowest BCUT2D eigenvalue weighted by Crippen LogP contribution is -2.39. The second kappa shape index (κ2) is 14.6. The van der Waals surface area contributed by atoms with E-state index in [9.17, 15) is 14.7 Å². The number of carbonyl (C=O) groups excluding carboxylic acids is 2. The van der Waals surface area contributed by atoms with E-state index in [0.29, 0.717) is 73.7 Å². The predicted molar refractivity (Wildman–Crippen MR) is 161 cm³/mol. The van der Waals surface area contributed by atoms with Crippen LogP contribution in [0.15, 0.2) is 42.0 Å². The molecule has 0 radical (unpaired) electrons. The molecule has 1 unspecified atom stereocenters. The number of amides is 1. The third kappa shape index (κ3) is 7.25. The van der Waals surface area contributed by atoms with Gasteiger partial charge in [-0.05, 0) is 74.1 Å². The predicted octanol–water partition coefficient (Wildman–Crippen LogP) is 4.97. The Morgan fingerprint density at radius 2 is 1.76 bits per heavy atom. The van der Waals surface area contributed by atoms with Crippen molar-refractivity contribution in [2.75, 3.05) is 59.7 Å². The largest absolute Gasteiger partial charge is 0.507 e. The fraction of sp³-hybridized carbons (Fsp3) is 0.515. The summed E-state index contributed by atoms with van der Waals surface area (Å²) in [5.74, 6) is 0.761. The molecule has 2 aliphatic rings. The van der Waals surface area contributed by atoms with Crippen LogP contribution in [0.1, 0.15) is 56.3 Å². The minimum atomic E-state index is -0.778. The third-order valence-corrected chi connectivity index (χ3v) is 7.72. The normalized spacial score (nSPS) is 19.0. The highest BCUT2D eigenvalue weighted by molar-refractivity contribution is 6.46. The van der Waals surface area contributed by atoms with E-state index in [-0.39, 0.29) is 11.3 Å². The van der Waals surface area contributed by atoms with Crippen LogP contribution in [0.25, 0.3) is 5.76 Å². The van der Waals surface area contributed by atoms with Crippen LogP contribution in [0, 0.1) is 12.8 Å². The van der Waals surface area contributed by atoms with Gasteiger partial charge in [-0.3, -0.25) is 14.5 Å². The first kappa shape index (κ1) is 31.4. The maximum Gasteiger partial charge on any atom is 0.295 e. The number of Topliss-reactive ketones (excluding diaryl/α,β-unsaturated/α-hetero) is 1. The maximum absolute atomic E-state index is 13.5. The number of hydrogen-bond donors (Lipinski definition) is 1. The Balaban J connectivity index is 1.71. The molecule has 1 N–H and O–H groups in total. The van der Waals surface area contributed by atoms with Crippen LogP contribution < -0.4 is 14.2 Å². The second-order valence-corrected chi connectivity index (χ2v) is 11.2. The summed E-state index contributed by atoms with van der Waals surface area (Å²) in [5.41, 5.74) is 2.00. The van der Waals surface area contributed by atoms with Gasteiger partial charge in [-0.2, -0.15) is 0 Å². The van der Waals surface area contributed by atoms with E-state index in [1.54, 1.807) is 36.3 Å². The summed E-state index contributed by atoms with van der Waals surface area (Å²) in [6, 6.07) is 9.93. The van der Waals surface area contributed by atoms with Crippen LogP contribution in [0.3, 0.4) is 0 Å². The average Bonchev–Trinajstić information content (AvgIpc) is 3.23. The Labute approximate surface area is 249 Å². The number of likely N-dealkylation sites (tertiary alicyclic amines) is 1. The van der Waals surface area contributed by atoms with Crippen LogP contribution >= 0.6 is 0 Å². The van der Waals surface area contributed by atoms with Crippen molar-refractivity contribution >= 4 is 17.4 Å². The highest BCUT2D eigenvalue weighted by atomic mass is 16.5. The molecule has 228 valence electrons. The van der Waals surface area contributed by atoms with Gasteiger partial charge in [0.05, 0.1) is 45.2 Å². The first-order valence-corrected chi connectivity index (χ1v) is 14.9. The summed E-state index contributed by atoms with van der Waals surface area (Å²) in [6.07, 6.45) is 1.58. The van der Waals surface area contributed by atoms with Crippen molar-refractivity contribution in [3.63, 3.8) is 0 Å². The summed E-state index contributed by atoms with van der Waals surface area (Å²) < 4.78 is 22.7. The number of ketones is 1. The van der Waals surface area contributed by atoms with Crippen molar-refractivity contribution in [2.45, 2.75) is 46.6 Å². The Morgan fingerprint density at radius 1 is 1.02 bits per heavy atom. The van der Waals surface area contributed by atoms with Gasteiger partial charge in [-0.1, -0.05) is 19.9 Å². The van der Waals surface area contributed by atoms with Gasteiger partial charge in [0.15, 0.2) is 11.5 Å². The van der Waals surface area contributed by atoms with Crippen LogP contribution in [0.4, 0.5) is 0 Å². The second-order valence-electron chi connectivity index (χ2n) is 11.2. The van der Waals surface area contributed by atoms with Crippen molar-refractivity contribution in [3.8, 4) is 17.2 Å². The lowest BCUT2D eigenvalue weighted by atomic mass is 9.94. The van der Waals surface area contributed by atoms with Crippen LogP contribution in [-0.4, -0.2) is 86.3 Å². The average molecular weight is 581 g/mol. The van der Waals surface area contributed by atoms with Crippen molar-refractivity contribution in [1.29, 1.82) is 0 Å². The molecule has 2 aliphatic heterocycles. The van der Waals surface area contributed by atoms with Crippen LogP contribution in [0.5, 0.6) is 17.2 Å². The van der Waals surface area contributed by atoms with E-state index in [4.69, 9.17) is 18.9 Å². The molecule has 1 amide bonds. The van der Waals surface area contributed by atoms with Crippen LogP contribution in [-0.2, 0) is 14.3 Å². The number of aryl methyl sites for hydroxylation is 1. The molecule has 0 spiro atoms. The monoisotopic (exact) mass is 580 g/mol. The van der Waals surface area contributed by atoms with E-state index in [0.717, 1.165) is 31.6 Å². The topological polar surface area (TPSA) is 97.8 Å². The number of rotatable bonds is 13. The zero-order valence-electron chi connectivity index (χ0n) is 25.5. The van der Waals surface area contributed by atoms with Crippen molar-refractivity contribution in [2.24, 2.45) is 5.92 Å². The van der Waals surface area contributed by atoms with Gasteiger partial charge in [0.2, 0.25) is 0 Å². The number of aliphatic hydroxyl groups is 1. The van der Waals surface area contributed by atoms with Crippen LogP contribution in [0.2, 0.25) is 0 Å². The quantitative estimate of drug-likeness (QED) is 0.202. The highest BCUT2D eigenvalue weighted by Gasteiger charge is 2.46. The number of nitrogens with zero attached hydrogens (tertiary/aromatic N) is 2. The summed E-state index contributed by atoms with van der Waals surface area (Å²) in [4.78, 5) is 30.9. The molecule has 2 fully saturated rings. The molecule has 42 heavy (non-hydrogen) atoms. The molecule has 2 saturated heterocycles. The van der Waals surface area contributed by atoms with Gasteiger partial charge in [0.1, 0.15) is 11.5 Å². The number of carbonyl (C=O) groups is 2. The standard InChI is InChI=1S/C33H44N2O7/c1-6-41-26-10-9-25(20-23(26)4)31(36)29-30(24-8-11-27(28(21-24)39-5)42-17-12-22(2)3)35(33(38)32(29)37)14-7-13-34-15-18-40-19-16-34/h8-11,20-22,30,36H,6-7,12-19H2,1-5H3. The van der Waals surface area contributed by atoms with E-state index < -0.39 is 17.7 Å². The molecule has 1 atom stereocenters. The zero-order chi connectivity index (χ0) is 30.2. The lowest BCUT2D eigenvalue weighted by molar-refractivity contribution is -0.140. The van der Waals surface area contributed by atoms with E-state index >= 15 is 0 Å². The van der Waals surface area contributed by atoms with Crippen molar-refractivity contribution in [3.05, 3.63) is 58.7 Å². The SMILES string of the molecule is CCOc1ccc(C(O)=C2C(=O)C(=O)N(CCCN3CCOCC3)C2c2ccc(OCCC(C)C)c(OC)c2)cc1C. The van der Waals surface area contributed by atoms with E-state index in [1.165, 1.54) is 0 Å². The number of morpholine rings is 1. The molecule has 0 saturated carbocycles. The van der Waals surface area contributed by atoms with Gasteiger partial charge in [-0.25, -0.2) is 0 Å². The summed E-state index contributed by atoms with van der Waals surface area (Å²) in [6.45, 7) is 13.3. The van der Waals surface area contributed by atoms with Gasteiger partial charge < -0.3 is 29.0 Å². The minimum absolute atomic E-state index is 0.0606. The Kier molecular flexibility index (Phi) is 10.9. The molecule has 2 aromatic rings. The maximum atomic E-state index is 13.5. The number of hydrogen-bond acceptors (Lipinski definition) is 8. The molecule has 4 rings (SSSR count). The summed E-state index contributed by atoms with van der Waals surface area (Å²) in [7, 11) is 1.57. The molecule has 0 aliphatic carbocycles. The first-order chi connectivity index (χ1) is 20.2. The molecule has 2 heterocycles. The molecule has 0 aromatic heterocycles. The Bertz CT molecular complexity index is 1280. The summed E-state index contributed by atoms with van der Waals surface area (Å²) in [5, 5.41) is 11.5. The molecular weight excluding hydrogens is 536 g/mol. The van der Waals surface area contributed by atoms with Crippen molar-refractivity contribution in [1.82, 2.24) is 9.80 Å². The third-order valence-electron chi connectivity index (χ3n) is 7.72. The van der Waals surface area contributed by atoms with Crippen molar-refractivity contribution < 1.29 is 33.6 Å². The minimum Gasteiger partial charge on any atom is -0.507 e.